The highest BCUT2D eigenvalue weighted by Gasteiger charge is 2.58. The third-order valence-corrected chi connectivity index (χ3v) is 6.11. The lowest BCUT2D eigenvalue weighted by Crippen LogP contribution is -2.39. The van der Waals surface area contributed by atoms with Gasteiger partial charge in [-0.25, -0.2) is 4.98 Å². The van der Waals surface area contributed by atoms with Crippen molar-refractivity contribution >= 4 is 5.91 Å². The van der Waals surface area contributed by atoms with Gasteiger partial charge in [0.1, 0.15) is 17.3 Å². The molecule has 3 heterocycles. The summed E-state index contributed by atoms with van der Waals surface area (Å²) in [5.74, 6) is 2.52. The van der Waals surface area contributed by atoms with E-state index in [1.807, 2.05) is 32.3 Å². The Morgan fingerprint density at radius 3 is 2.85 bits per heavy atom. The number of amides is 1. The molecule has 1 N–H and O–H groups in total. The molecule has 2 aromatic heterocycles. The lowest BCUT2D eigenvalue weighted by Gasteiger charge is -2.29. The second-order valence-corrected chi connectivity index (χ2v) is 7.72. The molecule has 1 spiro atoms. The summed E-state index contributed by atoms with van der Waals surface area (Å²) in [5.41, 5.74) is 0.977. The van der Waals surface area contributed by atoms with Gasteiger partial charge in [0.15, 0.2) is 0 Å². The molecule has 2 aromatic rings. The Labute approximate surface area is 154 Å². The van der Waals surface area contributed by atoms with Gasteiger partial charge in [-0.1, -0.05) is 0 Å². The van der Waals surface area contributed by atoms with E-state index in [0.717, 1.165) is 50.5 Å². The van der Waals surface area contributed by atoms with Crippen molar-refractivity contribution in [1.29, 1.82) is 0 Å². The van der Waals surface area contributed by atoms with Crippen LogP contribution in [0.5, 0.6) is 0 Å². The molecule has 1 amide bonds. The molecule has 1 aliphatic carbocycles. The van der Waals surface area contributed by atoms with Gasteiger partial charge < -0.3 is 19.2 Å². The van der Waals surface area contributed by atoms with E-state index in [1.165, 1.54) is 0 Å². The van der Waals surface area contributed by atoms with Gasteiger partial charge in [0.05, 0.1) is 12.1 Å². The minimum Gasteiger partial charge on any atom is -0.466 e. The number of hydrogen-bond acceptors (Lipinski definition) is 4. The summed E-state index contributed by atoms with van der Waals surface area (Å²) in [7, 11) is 0. The number of aryl methyl sites for hydroxylation is 3. The van der Waals surface area contributed by atoms with Crippen LogP contribution in [0.4, 0.5) is 0 Å². The van der Waals surface area contributed by atoms with Gasteiger partial charge in [0.2, 0.25) is 0 Å². The van der Waals surface area contributed by atoms with Crippen LogP contribution in [0.1, 0.15) is 53.9 Å². The smallest absolute Gasteiger partial charge is 0.258 e. The molecular weight excluding hydrogens is 328 g/mol. The van der Waals surface area contributed by atoms with Crippen LogP contribution in [0.2, 0.25) is 0 Å². The maximum atomic E-state index is 13.4. The second kappa shape index (κ2) is 6.58. The monoisotopic (exact) mass is 356 g/mol. The zero-order chi connectivity index (χ0) is 18.3. The summed E-state index contributed by atoms with van der Waals surface area (Å²) in [4.78, 5) is 20.0. The number of nitrogens with zero attached hydrogens (tertiary/aromatic N) is 3. The fraction of sp³-hybridized carbons (Fsp3) is 0.600. The van der Waals surface area contributed by atoms with Crippen LogP contribution in [-0.2, 0) is 13.1 Å². The van der Waals surface area contributed by atoms with Crippen molar-refractivity contribution in [2.24, 2.45) is 5.41 Å². The Morgan fingerprint density at radius 1 is 1.42 bits per heavy atom. The van der Waals surface area contributed by atoms with Gasteiger partial charge in [0.25, 0.3) is 5.91 Å². The minimum absolute atomic E-state index is 0.0745. The molecule has 1 saturated carbocycles. The number of carbonyl (C=O) groups excluding carboxylic acids is 1. The van der Waals surface area contributed by atoms with E-state index in [1.54, 1.807) is 0 Å². The number of nitrogens with one attached hydrogen (secondary N) is 1. The maximum absolute atomic E-state index is 13.4. The molecule has 0 aromatic carbocycles. The van der Waals surface area contributed by atoms with E-state index >= 15 is 0 Å². The highest BCUT2D eigenvalue weighted by molar-refractivity contribution is 5.95. The topological polar surface area (TPSA) is 63.3 Å². The highest BCUT2D eigenvalue weighted by Crippen LogP contribution is 2.56. The normalized spacial score (nSPS) is 21.1. The van der Waals surface area contributed by atoms with Crippen LogP contribution >= 0.6 is 0 Å². The summed E-state index contributed by atoms with van der Waals surface area (Å²) in [6.45, 7) is 9.39. The average Bonchev–Trinajstić information content (AvgIpc) is 2.97. The van der Waals surface area contributed by atoms with Gasteiger partial charge >= 0.3 is 0 Å². The Bertz CT molecular complexity index is 801. The second-order valence-electron chi connectivity index (χ2n) is 7.72. The minimum atomic E-state index is 0.0745. The summed E-state index contributed by atoms with van der Waals surface area (Å²) >= 11 is 0. The maximum Gasteiger partial charge on any atom is 0.258 e. The molecule has 6 nitrogen and oxygen atoms in total. The number of rotatable bonds is 5. The molecule has 1 aliphatic heterocycles. The van der Waals surface area contributed by atoms with Crippen molar-refractivity contribution < 1.29 is 9.21 Å². The number of carbonyl (C=O) groups is 1. The first-order chi connectivity index (χ1) is 12.5. The summed E-state index contributed by atoms with van der Waals surface area (Å²) in [6.07, 6.45) is 7.20. The van der Waals surface area contributed by atoms with E-state index in [9.17, 15) is 4.79 Å². The van der Waals surface area contributed by atoms with Crippen molar-refractivity contribution in [3.63, 3.8) is 0 Å². The van der Waals surface area contributed by atoms with E-state index < -0.39 is 0 Å². The lowest BCUT2D eigenvalue weighted by atomic mass is 9.93. The summed E-state index contributed by atoms with van der Waals surface area (Å²) in [5, 5.41) is 3.44. The first kappa shape index (κ1) is 17.3. The molecule has 0 radical (unpaired) electrons. The largest absolute Gasteiger partial charge is 0.466 e. The van der Waals surface area contributed by atoms with E-state index in [4.69, 9.17) is 4.42 Å². The Hall–Kier alpha value is -2.08. The first-order valence-corrected chi connectivity index (χ1v) is 9.63. The third kappa shape index (κ3) is 2.96. The standard InChI is InChI=1S/C20H28N4O2/c1-4-23-10-9-22-18(23)13-24(17-12-20(17)5-7-21-8-6-20)19(25)16-11-14(2)26-15(16)3/h9-11,17,21H,4-8,12-13H2,1-3H3. The van der Waals surface area contributed by atoms with Crippen LogP contribution in [0.25, 0.3) is 0 Å². The van der Waals surface area contributed by atoms with E-state index in [2.05, 4.69) is 26.7 Å². The molecule has 26 heavy (non-hydrogen) atoms. The molecule has 4 rings (SSSR count). The lowest BCUT2D eigenvalue weighted by molar-refractivity contribution is 0.0683. The van der Waals surface area contributed by atoms with Crippen molar-refractivity contribution in [2.45, 2.75) is 59.2 Å². The zero-order valence-electron chi connectivity index (χ0n) is 15.9. The van der Waals surface area contributed by atoms with E-state index in [-0.39, 0.29) is 11.3 Å². The van der Waals surface area contributed by atoms with Crippen LogP contribution in [-0.4, -0.2) is 39.5 Å². The quantitative estimate of drug-likeness (QED) is 0.895. The van der Waals surface area contributed by atoms with Crippen LogP contribution in [0.15, 0.2) is 22.9 Å². The number of furan rings is 1. The zero-order valence-corrected chi connectivity index (χ0v) is 15.9. The Balaban J connectivity index is 1.63. The average molecular weight is 356 g/mol. The fourth-order valence-electron chi connectivity index (χ4n) is 4.48. The molecule has 0 bridgehead atoms. The first-order valence-electron chi connectivity index (χ1n) is 9.63. The molecule has 2 fully saturated rings. The number of piperidine rings is 1. The van der Waals surface area contributed by atoms with E-state index in [0.29, 0.717) is 23.9 Å². The SMILES string of the molecule is CCn1ccnc1CN(C(=O)c1cc(C)oc1C)C1CC12CCNCC2. The molecular formula is C20H28N4O2. The Morgan fingerprint density at radius 2 is 2.19 bits per heavy atom. The molecule has 1 unspecified atom stereocenters. The van der Waals surface area contributed by atoms with Crippen molar-refractivity contribution in [1.82, 2.24) is 19.8 Å². The van der Waals surface area contributed by atoms with Crippen LogP contribution in [0.3, 0.4) is 0 Å². The Kier molecular flexibility index (Phi) is 4.39. The molecule has 1 saturated heterocycles. The van der Waals surface area contributed by atoms with Crippen molar-refractivity contribution in [3.05, 3.63) is 41.4 Å². The fourth-order valence-corrected chi connectivity index (χ4v) is 4.48. The molecule has 140 valence electrons. The van der Waals surface area contributed by atoms with Crippen LogP contribution in [0, 0.1) is 19.3 Å². The summed E-state index contributed by atoms with van der Waals surface area (Å²) in [6, 6.07) is 2.17. The van der Waals surface area contributed by atoms with Gasteiger partial charge in [-0.2, -0.15) is 0 Å². The highest BCUT2D eigenvalue weighted by atomic mass is 16.3. The molecule has 6 heteroatoms. The number of imidazole rings is 1. The predicted octanol–water partition coefficient (Wildman–Crippen LogP) is 2.90. The van der Waals surface area contributed by atoms with Gasteiger partial charge in [-0.05, 0) is 64.6 Å². The predicted molar refractivity (Wildman–Crippen MR) is 98.9 cm³/mol. The number of aromatic nitrogens is 2. The third-order valence-electron chi connectivity index (χ3n) is 6.11. The summed E-state index contributed by atoms with van der Waals surface area (Å²) < 4.78 is 7.74. The molecule has 1 atom stereocenters. The number of hydrogen-bond donors (Lipinski definition) is 1. The van der Waals surface area contributed by atoms with Gasteiger partial charge in [-0.15, -0.1) is 0 Å². The van der Waals surface area contributed by atoms with Crippen LogP contribution < -0.4 is 5.32 Å². The van der Waals surface area contributed by atoms with Gasteiger partial charge in [0, 0.05) is 25.0 Å². The van der Waals surface area contributed by atoms with Crippen molar-refractivity contribution in [3.8, 4) is 0 Å². The van der Waals surface area contributed by atoms with Gasteiger partial charge in [-0.3, -0.25) is 4.79 Å². The van der Waals surface area contributed by atoms with Crippen molar-refractivity contribution in [2.75, 3.05) is 13.1 Å². The molecule has 2 aliphatic rings.